The Morgan fingerprint density at radius 2 is 1.83 bits per heavy atom. The van der Waals surface area contributed by atoms with Crippen molar-refractivity contribution in [3.8, 4) is 0 Å². The first-order chi connectivity index (χ1) is 8.49. The molecule has 2 heteroatoms. The van der Waals surface area contributed by atoms with E-state index in [0.29, 0.717) is 4.83 Å². The predicted molar refractivity (Wildman–Crippen MR) is 79.5 cm³/mol. The summed E-state index contributed by atoms with van der Waals surface area (Å²) < 4.78 is 5.70. The molecule has 0 aliphatic carbocycles. The third-order valence-electron chi connectivity index (χ3n) is 3.43. The molecule has 1 atom stereocenters. The van der Waals surface area contributed by atoms with Crippen LogP contribution in [0.25, 0.3) is 0 Å². The predicted octanol–water partition coefficient (Wildman–Crippen LogP) is 5.19. The molecule has 0 aliphatic heterocycles. The van der Waals surface area contributed by atoms with Crippen molar-refractivity contribution in [3.63, 3.8) is 0 Å². The van der Waals surface area contributed by atoms with Gasteiger partial charge in [0, 0.05) is 10.4 Å². The fraction of sp³-hybridized carbons (Fsp3) is 0.375. The number of benzene rings is 1. The van der Waals surface area contributed by atoms with Crippen molar-refractivity contribution in [3.05, 3.63) is 58.0 Å². The van der Waals surface area contributed by atoms with Crippen molar-refractivity contribution < 1.29 is 4.42 Å². The topological polar surface area (TPSA) is 13.1 Å². The second kappa shape index (κ2) is 5.31. The number of hydrogen-bond donors (Lipinski definition) is 0. The maximum absolute atomic E-state index is 5.70. The lowest BCUT2D eigenvalue weighted by Gasteiger charge is -2.11. The highest BCUT2D eigenvalue weighted by Crippen LogP contribution is 2.34. The summed E-state index contributed by atoms with van der Waals surface area (Å²) in [6.07, 6.45) is 0.988. The molecule has 0 spiro atoms. The second-order valence-electron chi connectivity index (χ2n) is 4.91. The Morgan fingerprint density at radius 3 is 2.39 bits per heavy atom. The Morgan fingerprint density at radius 1 is 1.11 bits per heavy atom. The van der Waals surface area contributed by atoms with Crippen LogP contribution in [-0.2, 0) is 6.42 Å². The quantitative estimate of drug-likeness (QED) is 0.711. The molecular formula is C16H19BrO. The summed E-state index contributed by atoms with van der Waals surface area (Å²) in [6, 6.07) is 8.67. The Bertz CT molecular complexity index is 554. The van der Waals surface area contributed by atoms with Crippen LogP contribution in [0.1, 0.15) is 38.6 Å². The molecule has 1 aromatic heterocycles. The van der Waals surface area contributed by atoms with Crippen LogP contribution >= 0.6 is 15.9 Å². The summed E-state index contributed by atoms with van der Waals surface area (Å²) in [5.41, 5.74) is 5.23. The van der Waals surface area contributed by atoms with Gasteiger partial charge in [0.2, 0.25) is 0 Å². The Hall–Kier alpha value is -1.02. The smallest absolute Gasteiger partial charge is 0.105 e. The van der Waals surface area contributed by atoms with Crippen molar-refractivity contribution in [2.75, 3.05) is 0 Å². The number of rotatable bonds is 3. The Kier molecular flexibility index (Phi) is 3.96. The summed E-state index contributed by atoms with van der Waals surface area (Å²) in [5.74, 6) is 2.05. The minimum absolute atomic E-state index is 0.316. The first kappa shape index (κ1) is 13.4. The lowest BCUT2D eigenvalue weighted by Crippen LogP contribution is -1.98. The molecule has 1 aromatic carbocycles. The fourth-order valence-corrected chi connectivity index (χ4v) is 3.46. The van der Waals surface area contributed by atoms with Crippen LogP contribution in [-0.4, -0.2) is 0 Å². The molecule has 0 radical (unpaired) electrons. The molecule has 0 N–H and O–H groups in total. The minimum Gasteiger partial charge on any atom is -0.466 e. The average Bonchev–Trinajstić information content (AvgIpc) is 2.53. The van der Waals surface area contributed by atoms with Gasteiger partial charge in [-0.15, -0.1) is 0 Å². The maximum Gasteiger partial charge on any atom is 0.105 e. The third kappa shape index (κ3) is 2.69. The van der Waals surface area contributed by atoms with Crippen molar-refractivity contribution >= 4 is 15.9 Å². The van der Waals surface area contributed by atoms with E-state index in [1.807, 2.05) is 13.8 Å². The molecule has 1 heterocycles. The van der Waals surface area contributed by atoms with E-state index in [1.54, 1.807) is 0 Å². The van der Waals surface area contributed by atoms with Crippen LogP contribution in [0.3, 0.4) is 0 Å². The van der Waals surface area contributed by atoms with E-state index in [0.717, 1.165) is 17.9 Å². The van der Waals surface area contributed by atoms with Crippen molar-refractivity contribution in [1.82, 2.24) is 0 Å². The van der Waals surface area contributed by atoms with E-state index in [9.17, 15) is 0 Å². The normalized spacial score (nSPS) is 12.7. The zero-order chi connectivity index (χ0) is 13.3. The highest BCUT2D eigenvalue weighted by Gasteiger charge is 2.19. The van der Waals surface area contributed by atoms with Gasteiger partial charge in [-0.1, -0.05) is 45.8 Å². The molecule has 0 bridgehead atoms. The highest BCUT2D eigenvalue weighted by molar-refractivity contribution is 9.09. The molecule has 0 saturated heterocycles. The van der Waals surface area contributed by atoms with Gasteiger partial charge in [0.1, 0.15) is 11.5 Å². The Balaban J connectivity index is 2.24. The van der Waals surface area contributed by atoms with Gasteiger partial charge in [0.25, 0.3) is 0 Å². The fourth-order valence-electron chi connectivity index (χ4n) is 2.42. The summed E-state index contributed by atoms with van der Waals surface area (Å²) in [5, 5.41) is 0. The number of halogens is 1. The highest BCUT2D eigenvalue weighted by atomic mass is 79.9. The largest absolute Gasteiger partial charge is 0.466 e. The molecule has 0 saturated carbocycles. The lowest BCUT2D eigenvalue weighted by atomic mass is 10.00. The number of furan rings is 1. The average molecular weight is 307 g/mol. The standard InChI is InChI=1S/C16H19BrO/c1-10-6-5-7-14(8-10)9-15(17)16-11(2)12(3)18-13(16)4/h5-8,15H,9H2,1-4H3. The minimum atomic E-state index is 0.316. The third-order valence-corrected chi connectivity index (χ3v) is 4.21. The lowest BCUT2D eigenvalue weighted by molar-refractivity contribution is 0.499. The van der Waals surface area contributed by atoms with E-state index in [1.165, 1.54) is 22.3 Å². The van der Waals surface area contributed by atoms with Crippen LogP contribution in [0.4, 0.5) is 0 Å². The van der Waals surface area contributed by atoms with Crippen LogP contribution in [0.5, 0.6) is 0 Å². The van der Waals surface area contributed by atoms with Crippen LogP contribution < -0.4 is 0 Å². The molecule has 0 fully saturated rings. The molecule has 2 rings (SSSR count). The molecule has 0 amide bonds. The van der Waals surface area contributed by atoms with Gasteiger partial charge < -0.3 is 4.42 Å². The molecule has 18 heavy (non-hydrogen) atoms. The van der Waals surface area contributed by atoms with Gasteiger partial charge in [0.05, 0.1) is 0 Å². The van der Waals surface area contributed by atoms with E-state index >= 15 is 0 Å². The molecule has 1 nitrogen and oxygen atoms in total. The summed E-state index contributed by atoms with van der Waals surface area (Å²) in [7, 11) is 0. The number of alkyl halides is 1. The molecule has 1 unspecified atom stereocenters. The zero-order valence-electron chi connectivity index (χ0n) is 11.4. The van der Waals surface area contributed by atoms with Crippen LogP contribution in [0.2, 0.25) is 0 Å². The van der Waals surface area contributed by atoms with Gasteiger partial charge in [-0.3, -0.25) is 0 Å². The maximum atomic E-state index is 5.70. The van der Waals surface area contributed by atoms with E-state index in [2.05, 4.69) is 54.0 Å². The summed E-state index contributed by atoms with van der Waals surface area (Å²) >= 11 is 3.80. The van der Waals surface area contributed by atoms with Crippen molar-refractivity contribution in [1.29, 1.82) is 0 Å². The number of aryl methyl sites for hydroxylation is 3. The first-order valence-corrected chi connectivity index (χ1v) is 7.16. The van der Waals surface area contributed by atoms with E-state index < -0.39 is 0 Å². The number of hydrogen-bond acceptors (Lipinski definition) is 1. The zero-order valence-corrected chi connectivity index (χ0v) is 13.0. The van der Waals surface area contributed by atoms with Crippen LogP contribution in [0.15, 0.2) is 28.7 Å². The monoisotopic (exact) mass is 306 g/mol. The molecule has 0 aliphatic rings. The first-order valence-electron chi connectivity index (χ1n) is 6.25. The Labute approximate surface area is 117 Å². The van der Waals surface area contributed by atoms with Gasteiger partial charge in [-0.05, 0) is 45.2 Å². The van der Waals surface area contributed by atoms with Crippen molar-refractivity contribution in [2.24, 2.45) is 0 Å². The summed E-state index contributed by atoms with van der Waals surface area (Å²) in [6.45, 7) is 8.33. The van der Waals surface area contributed by atoms with Gasteiger partial charge in [0.15, 0.2) is 0 Å². The van der Waals surface area contributed by atoms with Gasteiger partial charge in [-0.25, -0.2) is 0 Å². The van der Waals surface area contributed by atoms with Crippen LogP contribution in [0, 0.1) is 27.7 Å². The van der Waals surface area contributed by atoms with Gasteiger partial charge >= 0.3 is 0 Å². The molecule has 96 valence electrons. The second-order valence-corrected chi connectivity index (χ2v) is 6.02. The van der Waals surface area contributed by atoms with E-state index in [-0.39, 0.29) is 0 Å². The van der Waals surface area contributed by atoms with Gasteiger partial charge in [-0.2, -0.15) is 0 Å². The van der Waals surface area contributed by atoms with Crippen molar-refractivity contribution in [2.45, 2.75) is 38.9 Å². The molecular weight excluding hydrogens is 288 g/mol. The molecule has 2 aromatic rings. The SMILES string of the molecule is Cc1cccc(CC(Br)c2c(C)oc(C)c2C)c1. The summed E-state index contributed by atoms with van der Waals surface area (Å²) in [4.78, 5) is 0.316. The van der Waals surface area contributed by atoms with E-state index in [4.69, 9.17) is 4.42 Å².